The first-order valence-corrected chi connectivity index (χ1v) is 13.4. The van der Waals surface area contributed by atoms with Gasteiger partial charge >= 0.3 is 5.97 Å². The van der Waals surface area contributed by atoms with Gasteiger partial charge in [0.2, 0.25) is 0 Å². The zero-order valence-corrected chi connectivity index (χ0v) is 22.6. The van der Waals surface area contributed by atoms with E-state index in [1.807, 2.05) is 31.2 Å². The van der Waals surface area contributed by atoms with Crippen molar-refractivity contribution in [3.63, 3.8) is 0 Å². The van der Waals surface area contributed by atoms with Crippen LogP contribution in [0, 0.1) is 0 Å². The fraction of sp³-hybridized carbons (Fsp3) is 0.516. The minimum atomic E-state index is -0.286. The number of anilines is 2. The summed E-state index contributed by atoms with van der Waals surface area (Å²) in [6.07, 6.45) is 9.46. The number of carbonyl (C=O) groups is 1. The molecule has 2 aromatic carbocycles. The highest BCUT2D eigenvalue weighted by Crippen LogP contribution is 2.45. The molecule has 4 nitrogen and oxygen atoms in total. The van der Waals surface area contributed by atoms with Crippen LogP contribution in [0.5, 0.6) is 5.75 Å². The molecule has 0 unspecified atom stereocenters. The summed E-state index contributed by atoms with van der Waals surface area (Å²) in [5.74, 6) is 0.657. The molecule has 0 heterocycles. The van der Waals surface area contributed by atoms with Crippen molar-refractivity contribution in [3.8, 4) is 5.75 Å². The Labute approximate surface area is 212 Å². The molecule has 4 heteroatoms. The maximum absolute atomic E-state index is 12.1. The SMILES string of the molecule is CCCCCCCOc1cc2c(cc1N(CC)c1ccc(C(=O)OCC)cc1)C(C)=CCC2(C)C. The summed E-state index contributed by atoms with van der Waals surface area (Å²) in [7, 11) is 0. The molecule has 0 aromatic heterocycles. The summed E-state index contributed by atoms with van der Waals surface area (Å²) >= 11 is 0. The van der Waals surface area contributed by atoms with Gasteiger partial charge in [0, 0.05) is 12.2 Å². The minimum Gasteiger partial charge on any atom is -0.491 e. The normalized spacial score (nSPS) is 14.2. The molecule has 0 amide bonds. The summed E-state index contributed by atoms with van der Waals surface area (Å²) in [5, 5.41) is 0. The third-order valence-corrected chi connectivity index (χ3v) is 6.97. The van der Waals surface area contributed by atoms with E-state index in [1.165, 1.54) is 42.4 Å². The van der Waals surface area contributed by atoms with Crippen LogP contribution < -0.4 is 9.64 Å². The lowest BCUT2D eigenvalue weighted by Crippen LogP contribution is -2.23. The Balaban J connectivity index is 1.96. The molecule has 1 aliphatic rings. The van der Waals surface area contributed by atoms with Gasteiger partial charge in [-0.2, -0.15) is 0 Å². The Morgan fingerprint density at radius 1 is 1.00 bits per heavy atom. The number of rotatable bonds is 12. The molecule has 0 radical (unpaired) electrons. The average Bonchev–Trinajstić information content (AvgIpc) is 2.85. The average molecular weight is 478 g/mol. The third kappa shape index (κ3) is 6.48. The second kappa shape index (κ2) is 12.3. The largest absolute Gasteiger partial charge is 0.491 e. The fourth-order valence-corrected chi connectivity index (χ4v) is 4.78. The molecule has 190 valence electrons. The Kier molecular flexibility index (Phi) is 9.42. The van der Waals surface area contributed by atoms with Crippen LogP contribution in [0.1, 0.15) is 102 Å². The predicted octanol–water partition coefficient (Wildman–Crippen LogP) is 8.46. The third-order valence-electron chi connectivity index (χ3n) is 6.97. The van der Waals surface area contributed by atoms with E-state index in [2.05, 4.69) is 57.7 Å². The summed E-state index contributed by atoms with van der Waals surface area (Å²) in [5.41, 5.74) is 6.73. The first-order valence-electron chi connectivity index (χ1n) is 13.4. The fourth-order valence-electron chi connectivity index (χ4n) is 4.78. The van der Waals surface area contributed by atoms with Gasteiger partial charge in [-0.3, -0.25) is 0 Å². The van der Waals surface area contributed by atoms with E-state index in [0.717, 1.165) is 43.1 Å². The van der Waals surface area contributed by atoms with Crippen LogP contribution in [0.25, 0.3) is 5.57 Å². The van der Waals surface area contributed by atoms with Gasteiger partial charge < -0.3 is 14.4 Å². The first-order chi connectivity index (χ1) is 16.8. The molecule has 0 spiro atoms. The first kappa shape index (κ1) is 26.8. The van der Waals surface area contributed by atoms with Crippen LogP contribution in [0.4, 0.5) is 11.4 Å². The van der Waals surface area contributed by atoms with Crippen molar-refractivity contribution in [2.45, 2.75) is 85.5 Å². The van der Waals surface area contributed by atoms with Gasteiger partial charge in [-0.05, 0) is 92.1 Å². The van der Waals surface area contributed by atoms with E-state index in [9.17, 15) is 4.79 Å². The zero-order chi connectivity index (χ0) is 25.4. The Hall–Kier alpha value is -2.75. The highest BCUT2D eigenvalue weighted by molar-refractivity contribution is 5.90. The van der Waals surface area contributed by atoms with Crippen LogP contribution in [-0.2, 0) is 10.2 Å². The van der Waals surface area contributed by atoms with E-state index in [0.29, 0.717) is 12.2 Å². The molecule has 0 atom stereocenters. The molecule has 0 aliphatic heterocycles. The van der Waals surface area contributed by atoms with E-state index in [-0.39, 0.29) is 11.4 Å². The number of carbonyl (C=O) groups excluding carboxylic acids is 1. The van der Waals surface area contributed by atoms with Crippen molar-refractivity contribution in [3.05, 3.63) is 59.2 Å². The lowest BCUT2D eigenvalue weighted by molar-refractivity contribution is 0.0526. The lowest BCUT2D eigenvalue weighted by Gasteiger charge is -2.34. The number of hydrogen-bond acceptors (Lipinski definition) is 4. The number of esters is 1. The van der Waals surface area contributed by atoms with Gasteiger partial charge in [0.05, 0.1) is 24.5 Å². The van der Waals surface area contributed by atoms with Gasteiger partial charge in [-0.1, -0.05) is 52.5 Å². The summed E-state index contributed by atoms with van der Waals surface area (Å²) in [6, 6.07) is 12.3. The highest BCUT2D eigenvalue weighted by atomic mass is 16.5. The van der Waals surface area contributed by atoms with E-state index >= 15 is 0 Å². The molecule has 0 N–H and O–H groups in total. The molecule has 2 aromatic rings. The van der Waals surface area contributed by atoms with Crippen molar-refractivity contribution in [2.75, 3.05) is 24.7 Å². The van der Waals surface area contributed by atoms with Crippen LogP contribution in [0.2, 0.25) is 0 Å². The topological polar surface area (TPSA) is 38.8 Å². The Morgan fingerprint density at radius 3 is 2.37 bits per heavy atom. The maximum atomic E-state index is 12.1. The number of ether oxygens (including phenoxy) is 2. The van der Waals surface area contributed by atoms with Gasteiger partial charge in [-0.25, -0.2) is 4.79 Å². The minimum absolute atomic E-state index is 0.0743. The van der Waals surface area contributed by atoms with Crippen LogP contribution in [-0.4, -0.2) is 25.7 Å². The number of unbranched alkanes of at least 4 members (excludes halogenated alkanes) is 4. The molecular formula is C31H43NO3. The van der Waals surface area contributed by atoms with Crippen molar-refractivity contribution in [2.24, 2.45) is 0 Å². The highest BCUT2D eigenvalue weighted by Gasteiger charge is 2.29. The second-order valence-electron chi connectivity index (χ2n) is 10.1. The Morgan fingerprint density at radius 2 is 1.71 bits per heavy atom. The number of benzene rings is 2. The predicted molar refractivity (Wildman–Crippen MR) is 147 cm³/mol. The molecule has 0 saturated carbocycles. The molecule has 0 bridgehead atoms. The van der Waals surface area contributed by atoms with Crippen LogP contribution in [0.15, 0.2) is 42.5 Å². The van der Waals surface area contributed by atoms with Crippen molar-refractivity contribution < 1.29 is 14.3 Å². The number of nitrogens with zero attached hydrogens (tertiary/aromatic N) is 1. The molecule has 0 fully saturated rings. The Bertz CT molecular complexity index is 1020. The molecule has 35 heavy (non-hydrogen) atoms. The quantitative estimate of drug-likeness (QED) is 0.227. The number of hydrogen-bond donors (Lipinski definition) is 0. The summed E-state index contributed by atoms with van der Waals surface area (Å²) in [6.45, 7) is 14.9. The van der Waals surface area contributed by atoms with Crippen molar-refractivity contribution in [1.82, 2.24) is 0 Å². The smallest absolute Gasteiger partial charge is 0.338 e. The van der Waals surface area contributed by atoms with Gasteiger partial charge in [0.15, 0.2) is 0 Å². The summed E-state index contributed by atoms with van der Waals surface area (Å²) < 4.78 is 11.6. The van der Waals surface area contributed by atoms with Crippen LogP contribution >= 0.6 is 0 Å². The summed E-state index contributed by atoms with van der Waals surface area (Å²) in [4.78, 5) is 14.4. The molecular weight excluding hydrogens is 434 g/mol. The molecule has 3 rings (SSSR count). The number of fused-ring (bicyclic) bond motifs is 1. The maximum Gasteiger partial charge on any atom is 0.338 e. The van der Waals surface area contributed by atoms with Crippen molar-refractivity contribution in [1.29, 1.82) is 0 Å². The van der Waals surface area contributed by atoms with E-state index in [1.54, 1.807) is 0 Å². The number of allylic oxidation sites excluding steroid dienone is 2. The van der Waals surface area contributed by atoms with Crippen LogP contribution in [0.3, 0.4) is 0 Å². The molecule has 1 aliphatic carbocycles. The molecule has 0 saturated heterocycles. The van der Waals surface area contributed by atoms with Gasteiger partial charge in [0.1, 0.15) is 5.75 Å². The monoisotopic (exact) mass is 477 g/mol. The van der Waals surface area contributed by atoms with Gasteiger partial charge in [0.25, 0.3) is 0 Å². The van der Waals surface area contributed by atoms with E-state index in [4.69, 9.17) is 9.47 Å². The van der Waals surface area contributed by atoms with Crippen molar-refractivity contribution >= 4 is 22.9 Å². The lowest BCUT2D eigenvalue weighted by atomic mass is 9.73. The van der Waals surface area contributed by atoms with E-state index < -0.39 is 0 Å². The van der Waals surface area contributed by atoms with Gasteiger partial charge in [-0.15, -0.1) is 0 Å². The zero-order valence-electron chi connectivity index (χ0n) is 22.6. The second-order valence-corrected chi connectivity index (χ2v) is 10.1. The standard InChI is InChI=1S/C31H43NO3/c1-7-10-11-12-13-20-35-29-22-27-26(23(4)18-19-31(27,5)6)21-28(29)32(8-2)25-16-14-24(15-17-25)30(33)34-9-3/h14-18,21-22H,7-13,19-20H2,1-6H3.